The van der Waals surface area contributed by atoms with Gasteiger partial charge in [-0.1, -0.05) is 26.0 Å². The summed E-state index contributed by atoms with van der Waals surface area (Å²) in [6.45, 7) is 12.6. The zero-order chi connectivity index (χ0) is 21.9. The first-order valence-electron chi connectivity index (χ1n) is 11.1. The number of likely N-dealkylation sites (N-methyl/N-ethyl adjacent to an activating group) is 1. The van der Waals surface area contributed by atoms with Gasteiger partial charge in [0.1, 0.15) is 5.75 Å². The van der Waals surface area contributed by atoms with Crippen molar-refractivity contribution in [1.29, 1.82) is 0 Å². The Balaban J connectivity index is 2.06. The monoisotopic (exact) mass is 419 g/mol. The molecule has 1 heterocycles. The minimum atomic E-state index is 0.212. The van der Waals surface area contributed by atoms with Crippen molar-refractivity contribution in [3.05, 3.63) is 29.8 Å². The number of methoxy groups -OCH3 is 1. The molecule has 2 atom stereocenters. The van der Waals surface area contributed by atoms with Crippen LogP contribution in [0.25, 0.3) is 0 Å². The highest BCUT2D eigenvalue weighted by molar-refractivity contribution is 5.79. The van der Waals surface area contributed by atoms with E-state index in [0.717, 1.165) is 57.6 Å². The summed E-state index contributed by atoms with van der Waals surface area (Å²) in [5.41, 5.74) is 1.22. The number of aliphatic imine (C=N–C) groups is 1. The average molecular weight is 420 g/mol. The largest absolute Gasteiger partial charge is 0.497 e. The topological polar surface area (TPSA) is 61.4 Å². The Morgan fingerprint density at radius 2 is 1.97 bits per heavy atom. The molecule has 1 aliphatic rings. The molecule has 7 heteroatoms. The number of guanidine groups is 1. The first-order chi connectivity index (χ1) is 14.5. The maximum absolute atomic E-state index is 5.52. The molecule has 2 rings (SSSR count). The lowest BCUT2D eigenvalue weighted by molar-refractivity contribution is 0.00867. The summed E-state index contributed by atoms with van der Waals surface area (Å²) in [4.78, 5) is 9.67. The van der Waals surface area contributed by atoms with Gasteiger partial charge in [-0.05, 0) is 44.6 Å². The van der Waals surface area contributed by atoms with Gasteiger partial charge in [0.25, 0.3) is 0 Å². The van der Waals surface area contributed by atoms with Crippen LogP contribution < -0.4 is 15.4 Å². The minimum Gasteiger partial charge on any atom is -0.497 e. The van der Waals surface area contributed by atoms with Crippen LogP contribution in [0.1, 0.15) is 32.4 Å². The molecule has 30 heavy (non-hydrogen) atoms. The van der Waals surface area contributed by atoms with Crippen molar-refractivity contribution < 1.29 is 9.47 Å². The van der Waals surface area contributed by atoms with Gasteiger partial charge in [-0.3, -0.25) is 9.89 Å². The molecule has 7 nitrogen and oxygen atoms in total. The number of rotatable bonds is 10. The van der Waals surface area contributed by atoms with Crippen LogP contribution >= 0.6 is 0 Å². The first-order valence-corrected chi connectivity index (χ1v) is 11.1. The normalized spacial score (nSPS) is 17.8. The number of hydrogen-bond acceptors (Lipinski definition) is 5. The van der Waals surface area contributed by atoms with Crippen molar-refractivity contribution in [2.75, 3.05) is 67.1 Å². The molecular weight excluding hydrogens is 378 g/mol. The summed E-state index contributed by atoms with van der Waals surface area (Å²) in [6.07, 6.45) is 0. The van der Waals surface area contributed by atoms with Crippen molar-refractivity contribution in [2.45, 2.75) is 32.9 Å². The smallest absolute Gasteiger partial charge is 0.191 e. The standard InChI is InChI=1S/C23H41N5O2/c1-7-24-23(25-16-21(18(2)3)28-11-13-30-14-12-28)26-17-22(27(4)5)19-9-8-10-20(15-19)29-6/h8-10,15,18,21-22H,7,11-14,16-17H2,1-6H3,(H2,24,25,26). The molecule has 0 radical (unpaired) electrons. The quantitative estimate of drug-likeness (QED) is 0.448. The van der Waals surface area contributed by atoms with Gasteiger partial charge < -0.3 is 25.0 Å². The zero-order valence-electron chi connectivity index (χ0n) is 19.6. The van der Waals surface area contributed by atoms with E-state index in [4.69, 9.17) is 14.5 Å². The fourth-order valence-corrected chi connectivity index (χ4v) is 3.82. The molecule has 0 saturated carbocycles. The van der Waals surface area contributed by atoms with E-state index in [1.54, 1.807) is 7.11 Å². The van der Waals surface area contributed by atoms with Gasteiger partial charge in [-0.2, -0.15) is 0 Å². The van der Waals surface area contributed by atoms with Crippen molar-refractivity contribution >= 4 is 5.96 Å². The summed E-state index contributed by atoms with van der Waals surface area (Å²) >= 11 is 0. The van der Waals surface area contributed by atoms with Crippen LogP contribution in [0.4, 0.5) is 0 Å². The van der Waals surface area contributed by atoms with Gasteiger partial charge in [0.15, 0.2) is 5.96 Å². The minimum absolute atomic E-state index is 0.212. The van der Waals surface area contributed by atoms with Crippen molar-refractivity contribution in [1.82, 2.24) is 20.4 Å². The number of nitrogens with one attached hydrogen (secondary N) is 2. The van der Waals surface area contributed by atoms with E-state index < -0.39 is 0 Å². The summed E-state index contributed by atoms with van der Waals surface area (Å²) < 4.78 is 10.9. The van der Waals surface area contributed by atoms with Gasteiger partial charge in [0.05, 0.1) is 32.9 Å². The maximum atomic E-state index is 5.52. The summed E-state index contributed by atoms with van der Waals surface area (Å²) in [6, 6.07) is 8.90. The van der Waals surface area contributed by atoms with Crippen LogP contribution in [0.5, 0.6) is 5.75 Å². The van der Waals surface area contributed by atoms with E-state index in [-0.39, 0.29) is 6.04 Å². The van der Waals surface area contributed by atoms with E-state index in [0.29, 0.717) is 12.0 Å². The van der Waals surface area contributed by atoms with Crippen LogP contribution in [0.15, 0.2) is 29.3 Å². The fourth-order valence-electron chi connectivity index (χ4n) is 3.82. The predicted octanol–water partition coefficient (Wildman–Crippen LogP) is 2.21. The predicted molar refractivity (Wildman–Crippen MR) is 124 cm³/mol. The lowest BCUT2D eigenvalue weighted by atomic mass is 10.0. The van der Waals surface area contributed by atoms with E-state index in [2.05, 4.69) is 67.4 Å². The number of benzene rings is 1. The Morgan fingerprint density at radius 1 is 1.23 bits per heavy atom. The summed E-state index contributed by atoms with van der Waals surface area (Å²) in [7, 11) is 5.91. The number of hydrogen-bond donors (Lipinski definition) is 2. The Kier molecular flexibility index (Phi) is 10.4. The number of morpholine rings is 1. The first kappa shape index (κ1) is 24.4. The van der Waals surface area contributed by atoms with Crippen LogP contribution in [-0.4, -0.2) is 88.9 Å². The molecule has 1 aromatic rings. The molecule has 0 spiro atoms. The van der Waals surface area contributed by atoms with Crippen LogP contribution in [0.2, 0.25) is 0 Å². The second kappa shape index (κ2) is 12.8. The average Bonchev–Trinajstić information content (AvgIpc) is 2.74. The highest BCUT2D eigenvalue weighted by atomic mass is 16.5. The van der Waals surface area contributed by atoms with Gasteiger partial charge in [0.2, 0.25) is 0 Å². The van der Waals surface area contributed by atoms with Crippen molar-refractivity contribution in [3.63, 3.8) is 0 Å². The second-order valence-electron chi connectivity index (χ2n) is 8.32. The van der Waals surface area contributed by atoms with E-state index >= 15 is 0 Å². The molecular formula is C23H41N5O2. The van der Waals surface area contributed by atoms with Crippen LogP contribution in [-0.2, 0) is 4.74 Å². The zero-order valence-corrected chi connectivity index (χ0v) is 19.6. The van der Waals surface area contributed by atoms with E-state index in [1.807, 2.05) is 12.1 Å². The van der Waals surface area contributed by atoms with Crippen LogP contribution in [0.3, 0.4) is 0 Å². The molecule has 170 valence electrons. The lowest BCUT2D eigenvalue weighted by Gasteiger charge is -2.36. The molecule has 2 N–H and O–H groups in total. The van der Waals surface area contributed by atoms with Crippen molar-refractivity contribution in [3.8, 4) is 5.75 Å². The molecule has 0 aromatic heterocycles. The maximum Gasteiger partial charge on any atom is 0.191 e. The second-order valence-corrected chi connectivity index (χ2v) is 8.32. The van der Waals surface area contributed by atoms with Gasteiger partial charge in [-0.25, -0.2) is 0 Å². The summed E-state index contributed by atoms with van der Waals surface area (Å²) in [5, 5.41) is 6.95. The third-order valence-corrected chi connectivity index (χ3v) is 5.63. The number of nitrogens with zero attached hydrogens (tertiary/aromatic N) is 3. The Labute approximate surface area is 182 Å². The molecule has 1 aliphatic heterocycles. The van der Waals surface area contributed by atoms with Crippen LogP contribution in [0, 0.1) is 5.92 Å². The SMILES string of the molecule is CCNC(=NCC(C(C)C)N1CCOCC1)NCC(c1cccc(OC)c1)N(C)C. The summed E-state index contributed by atoms with van der Waals surface area (Å²) in [5.74, 6) is 2.29. The highest BCUT2D eigenvalue weighted by Crippen LogP contribution is 2.22. The Hall–Kier alpha value is -1.83. The fraction of sp³-hybridized carbons (Fsp3) is 0.696. The molecule has 2 unspecified atom stereocenters. The van der Waals surface area contributed by atoms with Gasteiger partial charge >= 0.3 is 0 Å². The molecule has 1 aromatic carbocycles. The van der Waals surface area contributed by atoms with E-state index in [1.165, 1.54) is 5.56 Å². The molecule has 1 saturated heterocycles. The van der Waals surface area contributed by atoms with E-state index in [9.17, 15) is 0 Å². The molecule has 0 amide bonds. The molecule has 1 fully saturated rings. The lowest BCUT2D eigenvalue weighted by Crippen LogP contribution is -2.48. The third kappa shape index (κ3) is 7.45. The number of ether oxygens (including phenoxy) is 2. The van der Waals surface area contributed by atoms with Gasteiger partial charge in [-0.15, -0.1) is 0 Å². The highest BCUT2D eigenvalue weighted by Gasteiger charge is 2.24. The Bertz CT molecular complexity index is 644. The Morgan fingerprint density at radius 3 is 2.57 bits per heavy atom. The molecule has 0 bridgehead atoms. The molecule has 0 aliphatic carbocycles. The van der Waals surface area contributed by atoms with Gasteiger partial charge in [0, 0.05) is 32.2 Å². The van der Waals surface area contributed by atoms with Crippen molar-refractivity contribution in [2.24, 2.45) is 10.9 Å². The third-order valence-electron chi connectivity index (χ3n) is 5.63.